The minimum Gasteiger partial charge on any atom is -0.384 e. The van der Waals surface area contributed by atoms with E-state index in [-0.39, 0.29) is 5.91 Å². The Bertz CT molecular complexity index is 373. The van der Waals surface area contributed by atoms with Crippen LogP contribution in [0.15, 0.2) is 18.3 Å². The summed E-state index contributed by atoms with van der Waals surface area (Å²) < 4.78 is 0. The Labute approximate surface area is 116 Å². The summed E-state index contributed by atoms with van der Waals surface area (Å²) >= 11 is 0. The van der Waals surface area contributed by atoms with Crippen molar-refractivity contribution in [2.24, 2.45) is 5.92 Å². The molecule has 1 rings (SSSR count). The predicted molar refractivity (Wildman–Crippen MR) is 79.4 cm³/mol. The Morgan fingerprint density at radius 1 is 1.32 bits per heavy atom. The number of nitrogens with one attached hydrogen (secondary N) is 2. The zero-order valence-electron chi connectivity index (χ0n) is 12.2. The highest BCUT2D eigenvalue weighted by molar-refractivity contribution is 5.92. The molecule has 0 aromatic carbocycles. The highest BCUT2D eigenvalue weighted by Gasteiger charge is 2.06. The van der Waals surface area contributed by atoms with Gasteiger partial charge in [-0.15, -0.1) is 0 Å². The number of nitrogens with zero attached hydrogens (tertiary/aromatic N) is 1. The van der Waals surface area contributed by atoms with Crippen LogP contribution in [0.4, 0.5) is 5.69 Å². The molecule has 4 heteroatoms. The molecule has 0 unspecified atom stereocenters. The van der Waals surface area contributed by atoms with Crippen molar-refractivity contribution in [1.29, 1.82) is 0 Å². The molecule has 1 aromatic heterocycles. The van der Waals surface area contributed by atoms with Crippen LogP contribution in [0, 0.1) is 5.92 Å². The van der Waals surface area contributed by atoms with Crippen LogP contribution in [0.5, 0.6) is 0 Å². The number of hydrogen-bond donors (Lipinski definition) is 2. The third-order valence-corrected chi connectivity index (χ3v) is 2.86. The van der Waals surface area contributed by atoms with E-state index in [1.54, 1.807) is 12.3 Å². The number of unbranched alkanes of at least 4 members (excludes halogenated alkanes) is 1. The molecule has 0 aliphatic rings. The van der Waals surface area contributed by atoms with Gasteiger partial charge in [-0.05, 0) is 30.9 Å². The monoisotopic (exact) mass is 263 g/mol. The Morgan fingerprint density at radius 3 is 2.68 bits per heavy atom. The Hall–Kier alpha value is -1.58. The van der Waals surface area contributed by atoms with E-state index in [1.807, 2.05) is 6.07 Å². The van der Waals surface area contributed by atoms with Crippen molar-refractivity contribution in [2.75, 3.05) is 18.4 Å². The van der Waals surface area contributed by atoms with Gasteiger partial charge in [0.05, 0.1) is 11.9 Å². The number of anilines is 1. The van der Waals surface area contributed by atoms with E-state index in [4.69, 9.17) is 0 Å². The number of aromatic nitrogens is 1. The number of pyridine rings is 1. The molecule has 0 aliphatic heterocycles. The summed E-state index contributed by atoms with van der Waals surface area (Å²) in [6.07, 6.45) is 5.00. The summed E-state index contributed by atoms with van der Waals surface area (Å²) in [5, 5.41) is 6.16. The van der Waals surface area contributed by atoms with Gasteiger partial charge in [-0.3, -0.25) is 4.79 Å². The van der Waals surface area contributed by atoms with Crippen molar-refractivity contribution >= 4 is 11.6 Å². The molecule has 106 valence electrons. The van der Waals surface area contributed by atoms with Gasteiger partial charge in [0.1, 0.15) is 5.69 Å². The third kappa shape index (κ3) is 6.22. The average Bonchev–Trinajstić information content (AvgIpc) is 2.39. The number of hydrogen-bond acceptors (Lipinski definition) is 3. The molecule has 19 heavy (non-hydrogen) atoms. The minimum atomic E-state index is -0.0965. The van der Waals surface area contributed by atoms with E-state index >= 15 is 0 Å². The summed E-state index contributed by atoms with van der Waals surface area (Å²) in [6.45, 7) is 8.08. The van der Waals surface area contributed by atoms with Crippen LogP contribution in [0.1, 0.15) is 50.5 Å². The van der Waals surface area contributed by atoms with E-state index in [0.717, 1.165) is 31.5 Å². The van der Waals surface area contributed by atoms with Crippen LogP contribution in [0.3, 0.4) is 0 Å². The van der Waals surface area contributed by atoms with E-state index < -0.39 is 0 Å². The van der Waals surface area contributed by atoms with Crippen molar-refractivity contribution in [1.82, 2.24) is 10.3 Å². The van der Waals surface area contributed by atoms with Crippen LogP contribution < -0.4 is 10.6 Å². The lowest BCUT2D eigenvalue weighted by Gasteiger charge is -2.08. The quantitative estimate of drug-likeness (QED) is 0.709. The minimum absolute atomic E-state index is 0.0965. The van der Waals surface area contributed by atoms with E-state index in [1.165, 1.54) is 0 Å². The number of rotatable bonds is 8. The number of carbonyl (C=O) groups is 1. The van der Waals surface area contributed by atoms with Crippen molar-refractivity contribution in [3.63, 3.8) is 0 Å². The molecule has 0 fully saturated rings. The largest absolute Gasteiger partial charge is 0.384 e. The molecule has 4 nitrogen and oxygen atoms in total. The average molecular weight is 263 g/mol. The second-order valence-corrected chi connectivity index (χ2v) is 5.15. The molecule has 0 atom stereocenters. The van der Waals surface area contributed by atoms with Gasteiger partial charge in [0.2, 0.25) is 0 Å². The number of carbonyl (C=O) groups excluding carboxylic acids is 1. The molecule has 0 spiro atoms. The summed E-state index contributed by atoms with van der Waals surface area (Å²) in [7, 11) is 0. The molecule has 1 aromatic rings. The molecule has 1 heterocycles. The van der Waals surface area contributed by atoms with Crippen molar-refractivity contribution in [3.8, 4) is 0 Å². The molecule has 0 bridgehead atoms. The Balaban J connectivity index is 2.39. The zero-order valence-corrected chi connectivity index (χ0v) is 12.2. The van der Waals surface area contributed by atoms with Gasteiger partial charge in [-0.1, -0.05) is 27.2 Å². The fourth-order valence-electron chi connectivity index (χ4n) is 1.61. The SMILES string of the molecule is CCCCNc1ccc(C(=O)NCCC(C)C)nc1. The molecular formula is C15H25N3O. The standard InChI is InChI=1S/C15H25N3O/c1-4-5-9-16-13-6-7-14(18-11-13)15(19)17-10-8-12(2)3/h6-7,11-12,16H,4-5,8-10H2,1-3H3,(H,17,19). The number of amides is 1. The topological polar surface area (TPSA) is 54.0 Å². The first-order valence-corrected chi connectivity index (χ1v) is 7.11. The molecule has 2 N–H and O–H groups in total. The lowest BCUT2D eigenvalue weighted by atomic mass is 10.1. The molecule has 0 saturated carbocycles. The highest BCUT2D eigenvalue weighted by Crippen LogP contribution is 2.06. The fraction of sp³-hybridized carbons (Fsp3) is 0.600. The first-order valence-electron chi connectivity index (χ1n) is 7.11. The fourth-order valence-corrected chi connectivity index (χ4v) is 1.61. The molecule has 1 amide bonds. The second kappa shape index (κ2) is 8.51. The maximum Gasteiger partial charge on any atom is 0.269 e. The van der Waals surface area contributed by atoms with Crippen LogP contribution in [0.25, 0.3) is 0 Å². The summed E-state index contributed by atoms with van der Waals surface area (Å²) in [5.41, 5.74) is 1.44. The van der Waals surface area contributed by atoms with E-state index in [9.17, 15) is 4.79 Å². The van der Waals surface area contributed by atoms with Gasteiger partial charge in [-0.2, -0.15) is 0 Å². The van der Waals surface area contributed by atoms with Crippen LogP contribution >= 0.6 is 0 Å². The van der Waals surface area contributed by atoms with E-state index in [0.29, 0.717) is 18.2 Å². The first-order chi connectivity index (χ1) is 9.13. The molecule has 0 aliphatic carbocycles. The van der Waals surface area contributed by atoms with Gasteiger partial charge in [0.15, 0.2) is 0 Å². The van der Waals surface area contributed by atoms with E-state index in [2.05, 4.69) is 36.4 Å². The maximum atomic E-state index is 11.8. The maximum absolute atomic E-state index is 11.8. The predicted octanol–water partition coefficient (Wildman–Crippen LogP) is 3.07. The van der Waals surface area contributed by atoms with Crippen LogP contribution in [0.2, 0.25) is 0 Å². The lowest BCUT2D eigenvalue weighted by Crippen LogP contribution is -2.26. The second-order valence-electron chi connectivity index (χ2n) is 5.15. The third-order valence-electron chi connectivity index (χ3n) is 2.86. The first kappa shape index (κ1) is 15.5. The summed E-state index contributed by atoms with van der Waals surface area (Å²) in [5.74, 6) is 0.499. The molecule has 0 saturated heterocycles. The zero-order chi connectivity index (χ0) is 14.1. The van der Waals surface area contributed by atoms with Crippen LogP contribution in [-0.2, 0) is 0 Å². The summed E-state index contributed by atoms with van der Waals surface area (Å²) in [4.78, 5) is 16.0. The Kier molecular flexibility index (Phi) is 6.93. The van der Waals surface area contributed by atoms with Crippen molar-refractivity contribution in [2.45, 2.75) is 40.0 Å². The molecular weight excluding hydrogens is 238 g/mol. The van der Waals surface area contributed by atoms with Gasteiger partial charge in [0, 0.05) is 13.1 Å². The van der Waals surface area contributed by atoms with Crippen molar-refractivity contribution in [3.05, 3.63) is 24.0 Å². The highest BCUT2D eigenvalue weighted by atomic mass is 16.1. The van der Waals surface area contributed by atoms with Gasteiger partial charge in [0.25, 0.3) is 5.91 Å². The van der Waals surface area contributed by atoms with Crippen molar-refractivity contribution < 1.29 is 4.79 Å². The molecule has 0 radical (unpaired) electrons. The van der Waals surface area contributed by atoms with Gasteiger partial charge < -0.3 is 10.6 Å². The van der Waals surface area contributed by atoms with Crippen LogP contribution in [-0.4, -0.2) is 24.0 Å². The lowest BCUT2D eigenvalue weighted by molar-refractivity contribution is 0.0947. The summed E-state index contributed by atoms with van der Waals surface area (Å²) in [6, 6.07) is 3.67. The van der Waals surface area contributed by atoms with Gasteiger partial charge >= 0.3 is 0 Å². The smallest absolute Gasteiger partial charge is 0.269 e. The van der Waals surface area contributed by atoms with Gasteiger partial charge in [-0.25, -0.2) is 4.98 Å². The normalized spacial score (nSPS) is 10.5. The Morgan fingerprint density at radius 2 is 2.11 bits per heavy atom.